The fraction of sp³-hybridized carbons (Fsp3) is 0.545. The number of anilines is 1. The van der Waals surface area contributed by atoms with Crippen LogP contribution in [0.25, 0.3) is 11.2 Å². The van der Waals surface area contributed by atoms with Gasteiger partial charge in [0.2, 0.25) is 0 Å². The van der Waals surface area contributed by atoms with Gasteiger partial charge in [0, 0.05) is 0 Å². The summed E-state index contributed by atoms with van der Waals surface area (Å²) in [6.45, 7) is -0.238. The molecule has 8 nitrogen and oxygen atoms in total. The number of aromatic nitrogens is 4. The summed E-state index contributed by atoms with van der Waals surface area (Å²) in [6.07, 6.45) is 2.98. The molecule has 1 aliphatic rings. The number of imidazole rings is 1. The maximum atomic E-state index is 10.1. The van der Waals surface area contributed by atoms with Gasteiger partial charge in [0.1, 0.15) is 17.9 Å². The molecule has 9 heteroatoms. The van der Waals surface area contributed by atoms with Crippen molar-refractivity contribution >= 4 is 28.7 Å². The Bertz CT molecular complexity index is 621. The number of nitrogens with zero attached hydrogens (tertiary/aromatic N) is 4. The molecule has 0 saturated carbocycles. The van der Waals surface area contributed by atoms with Crippen molar-refractivity contribution < 1.29 is 14.9 Å². The van der Waals surface area contributed by atoms with Crippen LogP contribution in [-0.2, 0) is 4.74 Å². The zero-order valence-corrected chi connectivity index (χ0v) is 11.6. The van der Waals surface area contributed by atoms with Gasteiger partial charge >= 0.3 is 0 Å². The molecule has 20 heavy (non-hydrogen) atoms. The van der Waals surface area contributed by atoms with Gasteiger partial charge in [-0.1, -0.05) is 0 Å². The largest absolute Gasteiger partial charge is 0.394 e. The molecule has 1 unspecified atom stereocenters. The van der Waals surface area contributed by atoms with Crippen LogP contribution in [0.1, 0.15) is 6.23 Å². The number of hydrogen-bond donors (Lipinski definition) is 3. The van der Waals surface area contributed by atoms with Gasteiger partial charge in [-0.3, -0.25) is 4.57 Å². The molecule has 3 heterocycles. The first-order valence-corrected chi connectivity index (χ1v) is 7.36. The molecule has 0 aliphatic carbocycles. The molecule has 1 aliphatic heterocycles. The minimum Gasteiger partial charge on any atom is -0.394 e. The highest BCUT2D eigenvalue weighted by Crippen LogP contribution is 2.37. The Labute approximate surface area is 119 Å². The smallest absolute Gasteiger partial charge is 0.167 e. The van der Waals surface area contributed by atoms with E-state index in [0.717, 1.165) is 0 Å². The molecule has 0 spiro atoms. The van der Waals surface area contributed by atoms with Crippen LogP contribution in [0.5, 0.6) is 0 Å². The summed E-state index contributed by atoms with van der Waals surface area (Å²) in [5.74, 6) is 0.298. The van der Waals surface area contributed by atoms with Crippen molar-refractivity contribution in [3.8, 4) is 0 Å². The van der Waals surface area contributed by atoms with Gasteiger partial charge in [-0.15, -0.1) is 0 Å². The molecule has 108 valence electrons. The number of rotatable bonds is 3. The predicted octanol–water partition coefficient (Wildman–Crippen LogP) is -0.609. The molecule has 0 aromatic carbocycles. The normalized spacial score (nSPS) is 30.1. The van der Waals surface area contributed by atoms with Crippen LogP contribution < -0.4 is 5.73 Å². The quantitative estimate of drug-likeness (QED) is 0.686. The molecular weight excluding hydrogens is 282 g/mol. The lowest BCUT2D eigenvalue weighted by Crippen LogP contribution is -2.31. The molecular formula is C11H15N5O3S. The lowest BCUT2D eigenvalue weighted by molar-refractivity contribution is -0.0430. The molecule has 0 amide bonds. The summed E-state index contributed by atoms with van der Waals surface area (Å²) in [5.41, 5.74) is 6.80. The number of hydrogen-bond acceptors (Lipinski definition) is 8. The van der Waals surface area contributed by atoms with Crippen LogP contribution >= 0.6 is 11.8 Å². The minimum absolute atomic E-state index is 0.222. The number of thioether (sulfide) groups is 1. The Balaban J connectivity index is 2.04. The van der Waals surface area contributed by atoms with Gasteiger partial charge in [0.15, 0.2) is 17.7 Å². The summed E-state index contributed by atoms with van der Waals surface area (Å²) < 4.78 is 7.44. The summed E-state index contributed by atoms with van der Waals surface area (Å²) in [5, 5.41) is 19.2. The van der Waals surface area contributed by atoms with Gasteiger partial charge in [-0.2, -0.15) is 11.8 Å². The Morgan fingerprint density at radius 1 is 1.45 bits per heavy atom. The third-order valence-electron chi connectivity index (χ3n) is 3.43. The van der Waals surface area contributed by atoms with Crippen molar-refractivity contribution in [3.05, 3.63) is 12.7 Å². The van der Waals surface area contributed by atoms with Gasteiger partial charge in [-0.25, -0.2) is 15.0 Å². The molecule has 4 atom stereocenters. The van der Waals surface area contributed by atoms with Crippen molar-refractivity contribution in [1.82, 2.24) is 19.5 Å². The van der Waals surface area contributed by atoms with Crippen LogP contribution in [0.4, 0.5) is 5.82 Å². The lowest BCUT2D eigenvalue weighted by atomic mass is 10.2. The standard InChI is InChI=1S/C11H15N5O3S/c1-20-8-7(18)5(2-17)19-11(8)16-4-15-6-9(12)13-3-14-10(6)16/h3-5,7-8,11,17-18H,2H2,1H3,(H2,12,13,14)/t5-,7+,8?,11-/m1/s1. The highest BCUT2D eigenvalue weighted by molar-refractivity contribution is 7.99. The topological polar surface area (TPSA) is 119 Å². The Morgan fingerprint density at radius 2 is 2.25 bits per heavy atom. The Kier molecular flexibility index (Phi) is 3.50. The zero-order chi connectivity index (χ0) is 14.3. The summed E-state index contributed by atoms with van der Waals surface area (Å²) in [6, 6.07) is 0. The monoisotopic (exact) mass is 297 g/mol. The van der Waals surface area contributed by atoms with E-state index in [4.69, 9.17) is 10.5 Å². The molecule has 4 N–H and O–H groups in total. The van der Waals surface area contributed by atoms with E-state index in [2.05, 4.69) is 15.0 Å². The summed E-state index contributed by atoms with van der Waals surface area (Å²) in [4.78, 5) is 12.2. The second kappa shape index (κ2) is 5.17. The van der Waals surface area contributed by atoms with Gasteiger partial charge in [-0.05, 0) is 6.26 Å². The third-order valence-corrected chi connectivity index (χ3v) is 4.48. The molecule has 0 bridgehead atoms. The maximum absolute atomic E-state index is 10.1. The maximum Gasteiger partial charge on any atom is 0.167 e. The van der Waals surface area contributed by atoms with Crippen LogP contribution in [0.2, 0.25) is 0 Å². The van der Waals surface area contributed by atoms with Gasteiger partial charge in [0.25, 0.3) is 0 Å². The van der Waals surface area contributed by atoms with E-state index in [1.54, 1.807) is 10.9 Å². The van der Waals surface area contributed by atoms with E-state index in [9.17, 15) is 10.2 Å². The first-order valence-electron chi connectivity index (χ1n) is 6.07. The number of ether oxygens (including phenoxy) is 1. The summed E-state index contributed by atoms with van der Waals surface area (Å²) in [7, 11) is 0. The van der Waals surface area contributed by atoms with E-state index in [-0.39, 0.29) is 11.9 Å². The third kappa shape index (κ3) is 1.94. The van der Waals surface area contributed by atoms with Crippen molar-refractivity contribution in [3.63, 3.8) is 0 Å². The average molecular weight is 297 g/mol. The van der Waals surface area contributed by atoms with Gasteiger partial charge < -0.3 is 20.7 Å². The zero-order valence-electron chi connectivity index (χ0n) is 10.7. The average Bonchev–Trinajstić information content (AvgIpc) is 3.00. The fourth-order valence-corrected chi connectivity index (χ4v) is 3.29. The minimum atomic E-state index is -0.753. The highest BCUT2D eigenvalue weighted by atomic mass is 32.2. The second-order valence-electron chi connectivity index (χ2n) is 4.52. The first kappa shape index (κ1) is 13.6. The van der Waals surface area contributed by atoms with Crippen molar-refractivity contribution in [1.29, 1.82) is 0 Å². The van der Waals surface area contributed by atoms with Gasteiger partial charge in [0.05, 0.1) is 24.3 Å². The molecule has 1 saturated heterocycles. The van der Waals surface area contributed by atoms with Crippen LogP contribution in [0, 0.1) is 0 Å². The second-order valence-corrected chi connectivity index (χ2v) is 5.54. The van der Waals surface area contributed by atoms with E-state index in [0.29, 0.717) is 17.0 Å². The first-order chi connectivity index (χ1) is 9.67. The van der Waals surface area contributed by atoms with E-state index in [1.165, 1.54) is 18.1 Å². The SMILES string of the molecule is CSC1[C@@H](O)[C@@H](CO)O[C@H]1n1cnc2c(N)ncnc21. The lowest BCUT2D eigenvalue weighted by Gasteiger charge is -2.19. The molecule has 2 aromatic heterocycles. The highest BCUT2D eigenvalue weighted by Gasteiger charge is 2.44. The number of nitrogen functional groups attached to an aromatic ring is 1. The number of fused-ring (bicyclic) bond motifs is 1. The fourth-order valence-electron chi connectivity index (χ4n) is 2.40. The molecule has 0 radical (unpaired) electrons. The number of aliphatic hydroxyl groups is 2. The predicted molar refractivity (Wildman–Crippen MR) is 74.0 cm³/mol. The van der Waals surface area contributed by atoms with E-state index < -0.39 is 18.4 Å². The molecule has 3 rings (SSSR count). The number of aliphatic hydroxyl groups excluding tert-OH is 2. The van der Waals surface area contributed by atoms with Crippen LogP contribution in [0.3, 0.4) is 0 Å². The van der Waals surface area contributed by atoms with Crippen molar-refractivity contribution in [2.24, 2.45) is 0 Å². The van der Waals surface area contributed by atoms with Crippen molar-refractivity contribution in [2.45, 2.75) is 23.7 Å². The number of nitrogens with two attached hydrogens (primary N) is 1. The Hall–Kier alpha value is -1.42. The van der Waals surface area contributed by atoms with Crippen LogP contribution in [-0.4, -0.2) is 60.1 Å². The van der Waals surface area contributed by atoms with E-state index in [1.807, 2.05) is 6.26 Å². The Morgan fingerprint density at radius 3 is 2.95 bits per heavy atom. The van der Waals surface area contributed by atoms with Crippen molar-refractivity contribution in [2.75, 3.05) is 18.6 Å². The molecule has 1 fully saturated rings. The summed E-state index contributed by atoms with van der Waals surface area (Å²) >= 11 is 1.47. The molecule has 2 aromatic rings. The van der Waals surface area contributed by atoms with E-state index >= 15 is 0 Å². The van der Waals surface area contributed by atoms with Crippen LogP contribution in [0.15, 0.2) is 12.7 Å².